The van der Waals surface area contributed by atoms with Crippen LogP contribution in [-0.2, 0) is 0 Å². The van der Waals surface area contributed by atoms with Crippen LogP contribution in [0, 0.1) is 0 Å². The molecule has 0 saturated carbocycles. The Kier molecular flexibility index (Phi) is 7.09. The van der Waals surface area contributed by atoms with E-state index in [9.17, 15) is 4.79 Å². The minimum atomic E-state index is -0.127. The van der Waals surface area contributed by atoms with E-state index in [2.05, 4.69) is 0 Å². The van der Waals surface area contributed by atoms with Crippen molar-refractivity contribution in [1.29, 1.82) is 0 Å². The molecule has 2 aromatic carbocycles. The van der Waals surface area contributed by atoms with Crippen LogP contribution in [0.3, 0.4) is 0 Å². The van der Waals surface area contributed by atoms with Gasteiger partial charge in [-0.1, -0.05) is 19.1 Å². The van der Waals surface area contributed by atoms with Crippen LogP contribution < -0.4 is 18.9 Å². The normalized spacial score (nSPS) is 10.6. The Hall–Kier alpha value is -2.95. The molecule has 0 fully saturated rings. The van der Waals surface area contributed by atoms with Crippen molar-refractivity contribution in [2.45, 2.75) is 13.3 Å². The Morgan fingerprint density at radius 2 is 1.54 bits per heavy atom. The molecule has 2 rings (SSSR count). The average molecular weight is 356 g/mol. The van der Waals surface area contributed by atoms with Crippen molar-refractivity contribution in [2.75, 3.05) is 27.9 Å². The third-order valence-electron chi connectivity index (χ3n) is 3.74. The first-order valence-electron chi connectivity index (χ1n) is 8.38. The van der Waals surface area contributed by atoms with Crippen LogP contribution in [-0.4, -0.2) is 33.7 Å². The molecule has 5 nitrogen and oxygen atoms in total. The molecule has 0 N–H and O–H groups in total. The molecule has 0 aliphatic heterocycles. The van der Waals surface area contributed by atoms with Crippen molar-refractivity contribution in [3.8, 4) is 23.0 Å². The second-order valence-electron chi connectivity index (χ2n) is 5.53. The molecule has 138 valence electrons. The number of carbonyl (C=O) groups excluding carboxylic acids is 1. The highest BCUT2D eigenvalue weighted by atomic mass is 16.5. The molecule has 0 aromatic heterocycles. The van der Waals surface area contributed by atoms with Gasteiger partial charge in [0.05, 0.1) is 27.9 Å². The van der Waals surface area contributed by atoms with Crippen LogP contribution in [0.2, 0.25) is 0 Å². The second kappa shape index (κ2) is 9.51. The lowest BCUT2D eigenvalue weighted by molar-refractivity contribution is 0.104. The number of ketones is 1. The minimum absolute atomic E-state index is 0.127. The van der Waals surface area contributed by atoms with Gasteiger partial charge >= 0.3 is 0 Å². The lowest BCUT2D eigenvalue weighted by atomic mass is 10.1. The highest BCUT2D eigenvalue weighted by Crippen LogP contribution is 2.29. The fraction of sp³-hybridized carbons (Fsp3) is 0.286. The summed E-state index contributed by atoms with van der Waals surface area (Å²) in [6.45, 7) is 2.64. The summed E-state index contributed by atoms with van der Waals surface area (Å²) < 4.78 is 21.4. The minimum Gasteiger partial charge on any atom is -0.493 e. The summed E-state index contributed by atoms with van der Waals surface area (Å²) in [6, 6.07) is 10.6. The molecule has 2 aromatic rings. The van der Waals surface area contributed by atoms with E-state index in [-0.39, 0.29) is 5.78 Å². The molecule has 0 bridgehead atoms. The second-order valence-corrected chi connectivity index (χ2v) is 5.53. The first-order valence-corrected chi connectivity index (χ1v) is 8.38. The summed E-state index contributed by atoms with van der Waals surface area (Å²) in [5.74, 6) is 2.31. The van der Waals surface area contributed by atoms with Gasteiger partial charge in [-0.3, -0.25) is 4.79 Å². The third-order valence-corrected chi connectivity index (χ3v) is 3.74. The molecule has 26 heavy (non-hydrogen) atoms. The number of ether oxygens (including phenoxy) is 4. The van der Waals surface area contributed by atoms with Crippen molar-refractivity contribution in [2.24, 2.45) is 0 Å². The van der Waals surface area contributed by atoms with Crippen molar-refractivity contribution >= 4 is 11.9 Å². The molecule has 0 atom stereocenters. The van der Waals surface area contributed by atoms with Crippen LogP contribution in [0.1, 0.15) is 29.3 Å². The first-order chi connectivity index (χ1) is 12.6. The Morgan fingerprint density at radius 1 is 0.885 bits per heavy atom. The summed E-state index contributed by atoms with van der Waals surface area (Å²) >= 11 is 0. The number of carbonyl (C=O) groups is 1. The predicted octanol–water partition coefficient (Wildman–Crippen LogP) is 4.40. The molecular weight excluding hydrogens is 332 g/mol. The standard InChI is InChI=1S/C21H24O5/c1-5-12-26-21-13-15(7-10-19(21)24-3)6-9-17(22)16-8-11-18(23-2)20(14-16)25-4/h6-11,13-14H,5,12H2,1-4H3/b9-6+. The van der Waals surface area contributed by atoms with Gasteiger partial charge in [-0.15, -0.1) is 0 Å². The zero-order valence-electron chi connectivity index (χ0n) is 15.6. The molecule has 0 radical (unpaired) electrons. The van der Waals surface area contributed by atoms with Crippen LogP contribution in [0.5, 0.6) is 23.0 Å². The Morgan fingerprint density at radius 3 is 2.19 bits per heavy atom. The lowest BCUT2D eigenvalue weighted by Crippen LogP contribution is -1.98. The van der Waals surface area contributed by atoms with E-state index < -0.39 is 0 Å². The quantitative estimate of drug-likeness (QED) is 0.492. The fourth-order valence-electron chi connectivity index (χ4n) is 2.38. The van der Waals surface area contributed by atoms with Crippen molar-refractivity contribution in [3.05, 3.63) is 53.6 Å². The van der Waals surface area contributed by atoms with Crippen molar-refractivity contribution in [1.82, 2.24) is 0 Å². The smallest absolute Gasteiger partial charge is 0.185 e. The molecule has 0 amide bonds. The molecule has 0 spiro atoms. The van der Waals surface area contributed by atoms with Gasteiger partial charge in [0.1, 0.15) is 0 Å². The lowest BCUT2D eigenvalue weighted by Gasteiger charge is -2.10. The van der Waals surface area contributed by atoms with Crippen LogP contribution >= 0.6 is 0 Å². The number of allylic oxidation sites excluding steroid dienone is 1. The molecule has 0 aliphatic carbocycles. The van der Waals surface area contributed by atoms with Crippen molar-refractivity contribution < 1.29 is 23.7 Å². The van der Waals surface area contributed by atoms with E-state index in [0.29, 0.717) is 35.2 Å². The van der Waals surface area contributed by atoms with Gasteiger partial charge in [-0.05, 0) is 48.4 Å². The SMILES string of the molecule is CCCOc1cc(/C=C/C(=O)c2ccc(OC)c(OC)c2)ccc1OC. The number of hydrogen-bond acceptors (Lipinski definition) is 5. The van der Waals surface area contributed by atoms with E-state index >= 15 is 0 Å². The third kappa shape index (κ3) is 4.79. The monoisotopic (exact) mass is 356 g/mol. The number of rotatable bonds is 9. The summed E-state index contributed by atoms with van der Waals surface area (Å²) in [6.07, 6.45) is 4.17. The number of methoxy groups -OCH3 is 3. The van der Waals surface area contributed by atoms with Gasteiger partial charge in [0, 0.05) is 5.56 Å². The zero-order chi connectivity index (χ0) is 18.9. The predicted molar refractivity (Wildman–Crippen MR) is 102 cm³/mol. The molecular formula is C21H24O5. The summed E-state index contributed by atoms with van der Waals surface area (Å²) in [4.78, 5) is 12.4. The number of benzene rings is 2. The largest absolute Gasteiger partial charge is 0.493 e. The maximum atomic E-state index is 12.4. The van der Waals surface area contributed by atoms with E-state index in [1.165, 1.54) is 13.2 Å². The van der Waals surface area contributed by atoms with Crippen LogP contribution in [0.4, 0.5) is 0 Å². The zero-order valence-corrected chi connectivity index (χ0v) is 15.6. The van der Waals surface area contributed by atoms with Gasteiger partial charge in [0.2, 0.25) is 0 Å². The maximum Gasteiger partial charge on any atom is 0.185 e. The summed E-state index contributed by atoms with van der Waals surface area (Å²) in [5.41, 5.74) is 1.38. The molecule has 0 unspecified atom stereocenters. The van der Waals surface area contributed by atoms with Crippen molar-refractivity contribution in [3.63, 3.8) is 0 Å². The highest BCUT2D eigenvalue weighted by molar-refractivity contribution is 6.07. The molecule has 0 saturated heterocycles. The van der Waals surface area contributed by atoms with E-state index in [1.54, 1.807) is 38.5 Å². The van der Waals surface area contributed by atoms with Gasteiger partial charge < -0.3 is 18.9 Å². The van der Waals surface area contributed by atoms with Crippen LogP contribution in [0.25, 0.3) is 6.08 Å². The van der Waals surface area contributed by atoms with Gasteiger partial charge in [-0.25, -0.2) is 0 Å². The molecule has 0 aliphatic rings. The Labute approximate surface area is 154 Å². The maximum absolute atomic E-state index is 12.4. The molecule has 0 heterocycles. The highest BCUT2D eigenvalue weighted by Gasteiger charge is 2.09. The summed E-state index contributed by atoms with van der Waals surface area (Å²) in [5, 5.41) is 0. The average Bonchev–Trinajstić information content (AvgIpc) is 2.69. The van der Waals surface area contributed by atoms with Gasteiger partial charge in [0.25, 0.3) is 0 Å². The summed E-state index contributed by atoms with van der Waals surface area (Å²) in [7, 11) is 4.70. The van der Waals surface area contributed by atoms with Gasteiger partial charge in [0.15, 0.2) is 28.8 Å². The molecule has 5 heteroatoms. The topological polar surface area (TPSA) is 54.0 Å². The fourth-order valence-corrected chi connectivity index (χ4v) is 2.38. The Balaban J connectivity index is 2.19. The van der Waals surface area contributed by atoms with E-state index in [1.807, 2.05) is 25.1 Å². The Bertz CT molecular complexity index is 780. The van der Waals surface area contributed by atoms with E-state index in [0.717, 1.165) is 12.0 Å². The van der Waals surface area contributed by atoms with E-state index in [4.69, 9.17) is 18.9 Å². The number of hydrogen-bond donors (Lipinski definition) is 0. The van der Waals surface area contributed by atoms with Crippen LogP contribution in [0.15, 0.2) is 42.5 Å². The van der Waals surface area contributed by atoms with Gasteiger partial charge in [-0.2, -0.15) is 0 Å². The first kappa shape index (κ1) is 19.4.